The van der Waals surface area contributed by atoms with Crippen LogP contribution >= 0.6 is 51.5 Å². The number of likely N-dealkylation sites (N-methyl/N-ethyl adjacent to an activating group) is 1. The molecule has 11 nitrogen and oxygen atoms in total. The van der Waals surface area contributed by atoms with Gasteiger partial charge in [-0.3, -0.25) is 18.8 Å². The molecule has 4 rings (SSSR count). The first-order valence-electron chi connectivity index (χ1n) is 14.9. The monoisotopic (exact) mass is 795 g/mol. The SMILES string of the molecule is COCCN(CCOC)C(=O)c1ccc(/C=C/C(=O)NCC(=O)N(C)c2ccc(Cl)c(COc3cccn4c(Br)c(C)nc34)c2Cl)cc1.Cl. The molecule has 4 aromatic rings. The maximum atomic E-state index is 13.0. The lowest BCUT2D eigenvalue weighted by Crippen LogP contribution is -2.37. The van der Waals surface area contributed by atoms with Crippen LogP contribution < -0.4 is 15.0 Å². The van der Waals surface area contributed by atoms with E-state index in [1.165, 1.54) is 11.0 Å². The van der Waals surface area contributed by atoms with Crippen molar-refractivity contribution < 1.29 is 28.6 Å². The molecule has 262 valence electrons. The molecule has 0 spiro atoms. The summed E-state index contributed by atoms with van der Waals surface area (Å²) >= 11 is 16.7. The van der Waals surface area contributed by atoms with Crippen LogP contribution in [0.2, 0.25) is 10.0 Å². The van der Waals surface area contributed by atoms with E-state index in [9.17, 15) is 14.4 Å². The van der Waals surface area contributed by atoms with E-state index in [-0.39, 0.29) is 36.5 Å². The number of carbonyl (C=O) groups excluding carboxylic acids is 3. The normalized spacial score (nSPS) is 11.0. The minimum atomic E-state index is -0.464. The van der Waals surface area contributed by atoms with Crippen molar-refractivity contribution in [3.63, 3.8) is 0 Å². The molecular formula is C34H37BrCl3N5O6. The van der Waals surface area contributed by atoms with Crippen LogP contribution in [0, 0.1) is 6.92 Å². The number of anilines is 1. The zero-order valence-corrected chi connectivity index (χ0v) is 31.3. The third kappa shape index (κ3) is 10.2. The zero-order chi connectivity index (χ0) is 34.8. The van der Waals surface area contributed by atoms with Gasteiger partial charge in [-0.25, -0.2) is 4.98 Å². The number of aryl methyl sites for hydroxylation is 1. The van der Waals surface area contributed by atoms with Gasteiger partial charge in [0.25, 0.3) is 5.91 Å². The summed E-state index contributed by atoms with van der Waals surface area (Å²) in [6.45, 7) is 3.36. The number of halogens is 4. The number of nitrogens with one attached hydrogen (secondary N) is 1. The van der Waals surface area contributed by atoms with Gasteiger partial charge in [-0.05, 0) is 70.9 Å². The Morgan fingerprint density at radius 1 is 1.02 bits per heavy atom. The predicted molar refractivity (Wildman–Crippen MR) is 197 cm³/mol. The van der Waals surface area contributed by atoms with E-state index in [1.54, 1.807) is 74.7 Å². The average molecular weight is 798 g/mol. The highest BCUT2D eigenvalue weighted by Gasteiger charge is 2.20. The Morgan fingerprint density at radius 3 is 2.35 bits per heavy atom. The number of fused-ring (bicyclic) bond motifs is 1. The van der Waals surface area contributed by atoms with Crippen molar-refractivity contribution in [3.8, 4) is 5.75 Å². The second-order valence-corrected chi connectivity index (χ2v) is 12.1. The molecule has 3 amide bonds. The number of nitrogens with zero attached hydrogens (tertiary/aromatic N) is 4. The number of rotatable bonds is 15. The molecule has 0 aliphatic carbocycles. The number of benzene rings is 2. The lowest BCUT2D eigenvalue weighted by molar-refractivity contribution is -0.122. The summed E-state index contributed by atoms with van der Waals surface area (Å²) in [6.07, 6.45) is 4.78. The first-order chi connectivity index (χ1) is 23.0. The van der Waals surface area contributed by atoms with Gasteiger partial charge in [0.15, 0.2) is 11.4 Å². The molecule has 0 saturated heterocycles. The van der Waals surface area contributed by atoms with Crippen molar-refractivity contribution in [2.75, 3.05) is 59.0 Å². The number of ether oxygens (including phenoxy) is 3. The summed E-state index contributed by atoms with van der Waals surface area (Å²) in [5, 5.41) is 3.22. The number of hydrogen-bond acceptors (Lipinski definition) is 7. The molecular weight excluding hydrogens is 761 g/mol. The van der Waals surface area contributed by atoms with Crippen molar-refractivity contribution in [3.05, 3.63) is 97.8 Å². The number of carbonyl (C=O) groups is 3. The summed E-state index contributed by atoms with van der Waals surface area (Å²) in [6, 6.07) is 13.8. The average Bonchev–Trinajstić information content (AvgIpc) is 3.39. The Labute approximate surface area is 309 Å². The van der Waals surface area contributed by atoms with E-state index in [4.69, 9.17) is 37.4 Å². The van der Waals surface area contributed by atoms with Crippen LogP contribution in [-0.4, -0.2) is 86.1 Å². The predicted octanol–water partition coefficient (Wildman–Crippen LogP) is 6.24. The van der Waals surface area contributed by atoms with E-state index in [1.807, 2.05) is 23.6 Å². The Bertz CT molecular complexity index is 1790. The van der Waals surface area contributed by atoms with Crippen LogP contribution in [0.5, 0.6) is 5.75 Å². The maximum Gasteiger partial charge on any atom is 0.254 e. The highest BCUT2D eigenvalue weighted by atomic mass is 79.9. The summed E-state index contributed by atoms with van der Waals surface area (Å²) in [4.78, 5) is 46.0. The second kappa shape index (κ2) is 18.9. The van der Waals surface area contributed by atoms with Crippen LogP contribution in [0.15, 0.2) is 65.4 Å². The van der Waals surface area contributed by atoms with Crippen LogP contribution in [0.3, 0.4) is 0 Å². The molecule has 49 heavy (non-hydrogen) atoms. The number of imidazole rings is 1. The number of methoxy groups -OCH3 is 2. The van der Waals surface area contributed by atoms with Gasteiger partial charge in [-0.1, -0.05) is 35.3 Å². The molecule has 15 heteroatoms. The molecule has 1 N–H and O–H groups in total. The molecule has 0 unspecified atom stereocenters. The van der Waals surface area contributed by atoms with Crippen molar-refractivity contribution in [1.29, 1.82) is 0 Å². The van der Waals surface area contributed by atoms with Crippen LogP contribution in [0.25, 0.3) is 11.7 Å². The largest absolute Gasteiger partial charge is 0.485 e. The van der Waals surface area contributed by atoms with Gasteiger partial charge in [0, 0.05) is 62.8 Å². The van der Waals surface area contributed by atoms with Gasteiger partial charge in [0.1, 0.15) is 11.2 Å². The molecule has 2 heterocycles. The van der Waals surface area contributed by atoms with E-state index in [2.05, 4.69) is 26.2 Å². The van der Waals surface area contributed by atoms with Crippen molar-refractivity contribution in [2.24, 2.45) is 0 Å². The molecule has 2 aromatic heterocycles. The van der Waals surface area contributed by atoms with Crippen LogP contribution in [0.4, 0.5) is 5.69 Å². The quantitative estimate of drug-likeness (QED) is 0.142. The Balaban J connectivity index is 0.00000650. The number of hydrogen-bond donors (Lipinski definition) is 1. The minimum absolute atomic E-state index is 0. The fourth-order valence-electron chi connectivity index (χ4n) is 4.65. The second-order valence-electron chi connectivity index (χ2n) is 10.6. The first-order valence-corrected chi connectivity index (χ1v) is 16.4. The highest BCUT2D eigenvalue weighted by molar-refractivity contribution is 9.10. The molecule has 0 radical (unpaired) electrons. The van der Waals surface area contributed by atoms with Crippen LogP contribution in [0.1, 0.15) is 27.2 Å². The molecule has 2 aromatic carbocycles. The lowest BCUT2D eigenvalue weighted by atomic mass is 10.1. The number of pyridine rings is 1. The lowest BCUT2D eigenvalue weighted by Gasteiger charge is -2.22. The van der Waals surface area contributed by atoms with Gasteiger partial charge < -0.3 is 29.3 Å². The molecule has 0 bridgehead atoms. The minimum Gasteiger partial charge on any atom is -0.485 e. The summed E-state index contributed by atoms with van der Waals surface area (Å²) in [5.41, 5.74) is 3.57. The fraction of sp³-hybridized carbons (Fsp3) is 0.294. The molecule has 0 aliphatic heterocycles. The van der Waals surface area contributed by atoms with E-state index in [0.29, 0.717) is 65.1 Å². The van der Waals surface area contributed by atoms with E-state index >= 15 is 0 Å². The Kier molecular flexibility index (Phi) is 15.4. The maximum absolute atomic E-state index is 13.0. The molecule has 0 saturated carbocycles. The fourth-order valence-corrected chi connectivity index (χ4v) is 5.63. The van der Waals surface area contributed by atoms with Crippen molar-refractivity contribution in [2.45, 2.75) is 13.5 Å². The van der Waals surface area contributed by atoms with Crippen LogP contribution in [-0.2, 0) is 25.7 Å². The first kappa shape index (κ1) is 39.8. The van der Waals surface area contributed by atoms with Crippen molar-refractivity contribution in [1.82, 2.24) is 19.6 Å². The van der Waals surface area contributed by atoms with Gasteiger partial charge in [-0.2, -0.15) is 0 Å². The van der Waals surface area contributed by atoms with Gasteiger partial charge in [0.05, 0.1) is 36.2 Å². The Hall–Kier alpha value is -3.65. The smallest absolute Gasteiger partial charge is 0.254 e. The molecule has 0 atom stereocenters. The van der Waals surface area contributed by atoms with Crippen molar-refractivity contribution >= 4 is 86.7 Å². The molecule has 0 fully saturated rings. The zero-order valence-electron chi connectivity index (χ0n) is 27.4. The summed E-state index contributed by atoms with van der Waals surface area (Å²) < 4.78 is 19.0. The third-order valence-electron chi connectivity index (χ3n) is 7.40. The van der Waals surface area contributed by atoms with E-state index in [0.717, 1.165) is 10.3 Å². The topological polar surface area (TPSA) is 115 Å². The highest BCUT2D eigenvalue weighted by Crippen LogP contribution is 2.35. The Morgan fingerprint density at radius 2 is 1.69 bits per heavy atom. The summed E-state index contributed by atoms with van der Waals surface area (Å²) in [5.74, 6) is -0.467. The van der Waals surface area contributed by atoms with Gasteiger partial charge in [0.2, 0.25) is 11.8 Å². The van der Waals surface area contributed by atoms with E-state index < -0.39 is 11.8 Å². The molecule has 0 aliphatic rings. The third-order valence-corrected chi connectivity index (χ3v) is 9.14. The summed E-state index contributed by atoms with van der Waals surface area (Å²) in [7, 11) is 4.72. The van der Waals surface area contributed by atoms with Gasteiger partial charge in [-0.15, -0.1) is 12.4 Å². The number of amides is 3. The number of aromatic nitrogens is 2. The standard InChI is InChI=1S/C34H36BrCl2N5O6.ClH/c1-22-32(35)42-15-5-6-28(33(42)39-22)48-21-25-26(36)12-13-27(31(25)37)40(2)30(44)20-38-29(43)14-9-23-7-10-24(11-8-23)34(45)41(16-18-46-3)17-19-47-4;/h5-15H,16-21H2,1-4H3,(H,38,43);1H/b14-9+;. The van der Waals surface area contributed by atoms with Gasteiger partial charge >= 0.3 is 0 Å².